The van der Waals surface area contributed by atoms with Crippen LogP contribution in [0.4, 0.5) is 0 Å². The fourth-order valence-electron chi connectivity index (χ4n) is 4.26. The predicted molar refractivity (Wildman–Crippen MR) is 115 cm³/mol. The highest BCUT2D eigenvalue weighted by Gasteiger charge is 2.32. The summed E-state index contributed by atoms with van der Waals surface area (Å²) in [4.78, 5) is 44.4. The Balaban J connectivity index is 1.44. The maximum Gasteiger partial charge on any atom is 0.275 e. The van der Waals surface area contributed by atoms with Gasteiger partial charge in [0.2, 0.25) is 5.91 Å². The Morgan fingerprint density at radius 2 is 2.06 bits per heavy atom. The molecule has 0 spiro atoms. The number of aromatic nitrogens is 5. The molecule has 4 aromatic rings. The van der Waals surface area contributed by atoms with E-state index in [-0.39, 0.29) is 29.6 Å². The fourth-order valence-corrected chi connectivity index (χ4v) is 4.26. The average Bonchev–Trinajstić information content (AvgIpc) is 3.43. The number of hydrogen-bond donors (Lipinski definition) is 1. The molecule has 158 valence electrons. The SMILES string of the molecule is CCc1cc(=O)n2[nH]c(C3CCCN3C(=O)Cn3ncc4ccccc4c3=O)cc2n1. The summed E-state index contributed by atoms with van der Waals surface area (Å²) in [5.41, 5.74) is 1.59. The lowest BCUT2D eigenvalue weighted by Gasteiger charge is -2.23. The lowest BCUT2D eigenvalue weighted by atomic mass is 10.1. The van der Waals surface area contributed by atoms with Crippen LogP contribution < -0.4 is 11.1 Å². The van der Waals surface area contributed by atoms with Crippen LogP contribution in [0.15, 0.2) is 52.2 Å². The van der Waals surface area contributed by atoms with Crippen LogP contribution in [0.5, 0.6) is 0 Å². The minimum absolute atomic E-state index is 0.126. The second-order valence-electron chi connectivity index (χ2n) is 7.78. The van der Waals surface area contributed by atoms with Gasteiger partial charge in [-0.05, 0) is 25.3 Å². The molecule has 1 aromatic carbocycles. The minimum atomic E-state index is -0.282. The Hall–Kier alpha value is -3.75. The van der Waals surface area contributed by atoms with E-state index < -0.39 is 0 Å². The van der Waals surface area contributed by atoms with Crippen LogP contribution in [0.1, 0.15) is 37.2 Å². The third-order valence-corrected chi connectivity index (χ3v) is 5.86. The molecule has 5 rings (SSSR count). The zero-order valence-electron chi connectivity index (χ0n) is 17.1. The highest BCUT2D eigenvalue weighted by atomic mass is 16.2. The van der Waals surface area contributed by atoms with Crippen molar-refractivity contribution >= 4 is 22.3 Å². The van der Waals surface area contributed by atoms with Gasteiger partial charge in [0.1, 0.15) is 6.54 Å². The molecule has 1 unspecified atom stereocenters. The van der Waals surface area contributed by atoms with Gasteiger partial charge in [-0.3, -0.25) is 19.5 Å². The quantitative estimate of drug-likeness (QED) is 0.543. The summed E-state index contributed by atoms with van der Waals surface area (Å²) in [5, 5.41) is 8.57. The third kappa shape index (κ3) is 3.31. The summed E-state index contributed by atoms with van der Waals surface area (Å²) in [6.45, 7) is 2.41. The molecule has 0 aliphatic carbocycles. The lowest BCUT2D eigenvalue weighted by molar-refractivity contribution is -0.133. The van der Waals surface area contributed by atoms with E-state index in [4.69, 9.17) is 0 Å². The number of fused-ring (bicyclic) bond motifs is 2. The largest absolute Gasteiger partial charge is 0.332 e. The topological polar surface area (TPSA) is 105 Å². The van der Waals surface area contributed by atoms with Crippen LogP contribution in [0, 0.1) is 0 Å². The number of rotatable bonds is 4. The van der Waals surface area contributed by atoms with Crippen molar-refractivity contribution in [1.82, 2.24) is 29.3 Å². The second kappa shape index (κ2) is 7.50. The van der Waals surface area contributed by atoms with Gasteiger partial charge in [0.05, 0.1) is 23.3 Å². The van der Waals surface area contributed by atoms with Gasteiger partial charge in [-0.1, -0.05) is 25.1 Å². The Morgan fingerprint density at radius 3 is 2.90 bits per heavy atom. The Kier molecular flexibility index (Phi) is 4.65. The van der Waals surface area contributed by atoms with Crippen molar-refractivity contribution in [3.05, 3.63) is 74.7 Å². The van der Waals surface area contributed by atoms with Crippen molar-refractivity contribution in [2.45, 2.75) is 38.8 Å². The molecule has 0 radical (unpaired) electrons. The summed E-state index contributed by atoms with van der Waals surface area (Å²) in [5.74, 6) is -0.180. The maximum absolute atomic E-state index is 13.1. The van der Waals surface area contributed by atoms with Gasteiger partial charge >= 0.3 is 0 Å². The van der Waals surface area contributed by atoms with Gasteiger partial charge in [-0.25, -0.2) is 14.2 Å². The van der Waals surface area contributed by atoms with Gasteiger partial charge in [0.15, 0.2) is 5.65 Å². The first-order valence-electron chi connectivity index (χ1n) is 10.4. The first-order valence-corrected chi connectivity index (χ1v) is 10.4. The third-order valence-electron chi connectivity index (χ3n) is 5.86. The summed E-state index contributed by atoms with van der Waals surface area (Å²) in [6.07, 6.45) is 3.89. The molecule has 4 heterocycles. The molecule has 9 nitrogen and oxygen atoms in total. The van der Waals surface area contributed by atoms with Crippen LogP contribution in [-0.2, 0) is 17.8 Å². The first-order chi connectivity index (χ1) is 15.0. The number of aryl methyl sites for hydroxylation is 1. The Labute approximate surface area is 176 Å². The van der Waals surface area contributed by atoms with E-state index in [0.29, 0.717) is 24.0 Å². The summed E-state index contributed by atoms with van der Waals surface area (Å²) in [6, 6.07) is 10.3. The number of likely N-dealkylation sites (tertiary alicyclic amines) is 1. The number of amides is 1. The number of benzene rings is 1. The number of nitrogens with one attached hydrogen (secondary N) is 1. The van der Waals surface area contributed by atoms with Crippen molar-refractivity contribution < 1.29 is 4.79 Å². The van der Waals surface area contributed by atoms with Crippen LogP contribution in [0.2, 0.25) is 0 Å². The molecular formula is C22H22N6O3. The Morgan fingerprint density at radius 1 is 1.23 bits per heavy atom. The summed E-state index contributed by atoms with van der Waals surface area (Å²) in [7, 11) is 0. The molecule has 1 fully saturated rings. The smallest absolute Gasteiger partial charge is 0.275 e. The predicted octanol–water partition coefficient (Wildman–Crippen LogP) is 1.66. The van der Waals surface area contributed by atoms with E-state index in [0.717, 1.165) is 29.6 Å². The molecule has 1 atom stereocenters. The van der Waals surface area contributed by atoms with E-state index in [1.165, 1.54) is 15.3 Å². The second-order valence-corrected chi connectivity index (χ2v) is 7.78. The first kappa shape index (κ1) is 19.2. The van der Waals surface area contributed by atoms with Crippen molar-refractivity contribution in [3.8, 4) is 0 Å². The molecular weight excluding hydrogens is 396 g/mol. The molecule has 9 heteroatoms. The highest BCUT2D eigenvalue weighted by Crippen LogP contribution is 2.31. The monoisotopic (exact) mass is 418 g/mol. The minimum Gasteiger partial charge on any atom is -0.332 e. The number of hydrogen-bond acceptors (Lipinski definition) is 5. The van der Waals surface area contributed by atoms with Crippen molar-refractivity contribution in [2.75, 3.05) is 6.54 Å². The van der Waals surface area contributed by atoms with Gasteiger partial charge in [-0.15, -0.1) is 0 Å². The molecule has 3 aromatic heterocycles. The van der Waals surface area contributed by atoms with Crippen LogP contribution in [0.3, 0.4) is 0 Å². The van der Waals surface area contributed by atoms with Gasteiger partial charge in [0.25, 0.3) is 11.1 Å². The normalized spacial score (nSPS) is 16.4. The summed E-state index contributed by atoms with van der Waals surface area (Å²) >= 11 is 0. The number of carbonyl (C=O) groups excluding carboxylic acids is 1. The molecule has 1 aliphatic heterocycles. The van der Waals surface area contributed by atoms with Crippen molar-refractivity contribution in [3.63, 3.8) is 0 Å². The van der Waals surface area contributed by atoms with E-state index in [2.05, 4.69) is 15.2 Å². The molecule has 1 amide bonds. The standard InChI is InChI=1S/C22H22N6O3/c1-2-15-10-20(29)28-19(24-15)11-17(25-28)18-8-5-9-26(18)21(30)13-27-22(31)16-7-4-3-6-14(16)12-23-27/h3-4,6-7,10-12,18,25H,2,5,8-9,13H2,1H3. The van der Waals surface area contributed by atoms with Gasteiger partial charge in [-0.2, -0.15) is 5.10 Å². The van der Waals surface area contributed by atoms with Gasteiger partial charge < -0.3 is 4.90 Å². The van der Waals surface area contributed by atoms with E-state index in [1.807, 2.05) is 25.1 Å². The molecule has 31 heavy (non-hydrogen) atoms. The number of carbonyl (C=O) groups is 1. The fraction of sp³-hybridized carbons (Fsp3) is 0.318. The molecule has 1 N–H and O–H groups in total. The van der Waals surface area contributed by atoms with E-state index >= 15 is 0 Å². The van der Waals surface area contributed by atoms with Crippen LogP contribution in [-0.4, -0.2) is 41.7 Å². The van der Waals surface area contributed by atoms with Crippen molar-refractivity contribution in [1.29, 1.82) is 0 Å². The number of H-pyrrole nitrogens is 1. The Bertz CT molecular complexity index is 1420. The maximum atomic E-state index is 13.1. The number of aromatic amines is 1. The zero-order chi connectivity index (χ0) is 21.5. The molecule has 1 aliphatic rings. The lowest BCUT2D eigenvalue weighted by Crippen LogP contribution is -2.37. The van der Waals surface area contributed by atoms with E-state index in [1.54, 1.807) is 23.2 Å². The average molecular weight is 418 g/mol. The molecule has 0 bridgehead atoms. The number of nitrogens with zero attached hydrogens (tertiary/aromatic N) is 5. The molecule has 1 saturated heterocycles. The van der Waals surface area contributed by atoms with Crippen LogP contribution in [0.25, 0.3) is 16.4 Å². The van der Waals surface area contributed by atoms with Gasteiger partial charge in [0, 0.05) is 29.8 Å². The summed E-state index contributed by atoms with van der Waals surface area (Å²) < 4.78 is 2.62. The van der Waals surface area contributed by atoms with Crippen molar-refractivity contribution in [2.24, 2.45) is 0 Å². The highest BCUT2D eigenvalue weighted by molar-refractivity contribution is 5.81. The van der Waals surface area contributed by atoms with E-state index in [9.17, 15) is 14.4 Å². The van der Waals surface area contributed by atoms with Crippen LogP contribution >= 0.6 is 0 Å². The zero-order valence-corrected chi connectivity index (χ0v) is 17.1. The molecule has 0 saturated carbocycles.